The van der Waals surface area contributed by atoms with Gasteiger partial charge in [0.25, 0.3) is 10.0 Å². The number of benzene rings is 3. The summed E-state index contributed by atoms with van der Waals surface area (Å²) in [6.07, 6.45) is 0. The smallest absolute Gasteiger partial charge is 0.264 e. The number of halogens is 3. The standard InChI is InChI=1S/C29H32BrCl2N3O4S/c1-19(2)16-33-29(37)21(4)34(17-22-6-5-7-23(30)14-22)28(36)18-35(24-10-13-26(31)27(32)15-24)40(38,39)25-11-8-20(3)9-12-25/h5-15,19,21H,16-18H2,1-4H3,(H,33,37)/t21-/m0/s1. The molecule has 214 valence electrons. The molecule has 3 aromatic carbocycles. The van der Waals surface area contributed by atoms with Gasteiger partial charge in [-0.25, -0.2) is 8.42 Å². The number of carbonyl (C=O) groups excluding carboxylic acids is 2. The summed E-state index contributed by atoms with van der Waals surface area (Å²) in [6.45, 7) is 7.39. The van der Waals surface area contributed by atoms with Crippen LogP contribution in [0.2, 0.25) is 10.0 Å². The quantitative estimate of drug-likeness (QED) is 0.255. The monoisotopic (exact) mass is 667 g/mol. The number of hydrogen-bond donors (Lipinski definition) is 1. The van der Waals surface area contributed by atoms with Crippen molar-refractivity contribution in [3.05, 3.63) is 92.4 Å². The predicted molar refractivity (Wildman–Crippen MR) is 164 cm³/mol. The van der Waals surface area contributed by atoms with Crippen molar-refractivity contribution in [2.24, 2.45) is 5.92 Å². The summed E-state index contributed by atoms with van der Waals surface area (Å²) in [4.78, 5) is 28.4. The molecule has 0 saturated heterocycles. The molecule has 1 N–H and O–H groups in total. The summed E-state index contributed by atoms with van der Waals surface area (Å²) in [6, 6.07) is 17.2. The zero-order valence-corrected chi connectivity index (χ0v) is 26.6. The molecular formula is C29H32BrCl2N3O4S. The zero-order chi connectivity index (χ0) is 29.6. The average Bonchev–Trinajstić information content (AvgIpc) is 2.90. The van der Waals surface area contributed by atoms with E-state index in [2.05, 4.69) is 21.2 Å². The van der Waals surface area contributed by atoms with Crippen LogP contribution < -0.4 is 9.62 Å². The van der Waals surface area contributed by atoms with Gasteiger partial charge in [-0.05, 0) is 67.8 Å². The van der Waals surface area contributed by atoms with E-state index in [1.807, 2.05) is 45.0 Å². The molecule has 11 heteroatoms. The number of amides is 2. The minimum absolute atomic E-state index is 0.0123. The first-order chi connectivity index (χ1) is 18.8. The Balaban J connectivity index is 2.04. The second kappa shape index (κ2) is 13.9. The number of carbonyl (C=O) groups is 2. The Morgan fingerprint density at radius 2 is 1.62 bits per heavy atom. The van der Waals surface area contributed by atoms with E-state index in [4.69, 9.17) is 23.2 Å². The Labute approximate surface area is 254 Å². The zero-order valence-electron chi connectivity index (χ0n) is 22.7. The Kier molecular flexibility index (Phi) is 11.1. The number of hydrogen-bond acceptors (Lipinski definition) is 4. The van der Waals surface area contributed by atoms with E-state index in [0.29, 0.717) is 6.54 Å². The van der Waals surface area contributed by atoms with Gasteiger partial charge in [0, 0.05) is 17.6 Å². The lowest BCUT2D eigenvalue weighted by molar-refractivity contribution is -0.139. The number of nitrogens with one attached hydrogen (secondary N) is 1. The van der Waals surface area contributed by atoms with Crippen LogP contribution >= 0.6 is 39.1 Å². The SMILES string of the molecule is Cc1ccc(S(=O)(=O)N(CC(=O)N(Cc2cccc(Br)c2)[C@@H](C)C(=O)NCC(C)C)c2ccc(Cl)c(Cl)c2)cc1. The molecule has 0 radical (unpaired) electrons. The minimum atomic E-state index is -4.20. The molecule has 0 aromatic heterocycles. The van der Waals surface area contributed by atoms with Crippen LogP contribution in [0.25, 0.3) is 0 Å². The first kappa shape index (κ1) is 31.9. The molecule has 1 atom stereocenters. The highest BCUT2D eigenvalue weighted by Gasteiger charge is 2.32. The van der Waals surface area contributed by atoms with Crippen LogP contribution in [0.1, 0.15) is 31.9 Å². The molecule has 3 aromatic rings. The molecule has 0 aliphatic rings. The van der Waals surface area contributed by atoms with Crippen LogP contribution in [0.3, 0.4) is 0 Å². The average molecular weight is 669 g/mol. The van der Waals surface area contributed by atoms with Crippen molar-refractivity contribution in [3.63, 3.8) is 0 Å². The van der Waals surface area contributed by atoms with Crippen molar-refractivity contribution in [1.82, 2.24) is 10.2 Å². The van der Waals surface area contributed by atoms with Gasteiger partial charge in [0.2, 0.25) is 11.8 Å². The first-order valence-corrected chi connectivity index (χ1v) is 15.6. The van der Waals surface area contributed by atoms with Crippen molar-refractivity contribution >= 4 is 66.7 Å². The number of sulfonamides is 1. The molecule has 7 nitrogen and oxygen atoms in total. The van der Waals surface area contributed by atoms with Gasteiger partial charge in [0.15, 0.2) is 0 Å². The lowest BCUT2D eigenvalue weighted by Crippen LogP contribution is -2.51. The van der Waals surface area contributed by atoms with Crippen molar-refractivity contribution in [3.8, 4) is 0 Å². The van der Waals surface area contributed by atoms with Crippen molar-refractivity contribution in [2.75, 3.05) is 17.4 Å². The Morgan fingerprint density at radius 3 is 2.23 bits per heavy atom. The van der Waals surface area contributed by atoms with Crippen LogP contribution in [-0.4, -0.2) is 44.3 Å². The third-order valence-electron chi connectivity index (χ3n) is 6.17. The van der Waals surface area contributed by atoms with Crippen LogP contribution in [0.15, 0.2) is 76.1 Å². The molecule has 0 bridgehead atoms. The third kappa shape index (κ3) is 8.22. The third-order valence-corrected chi connectivity index (χ3v) is 9.19. The number of aryl methyl sites for hydroxylation is 1. The summed E-state index contributed by atoms with van der Waals surface area (Å²) in [7, 11) is -4.20. The number of anilines is 1. The van der Waals surface area contributed by atoms with Gasteiger partial charge in [-0.1, -0.05) is 82.8 Å². The molecule has 3 rings (SSSR count). The largest absolute Gasteiger partial charge is 0.354 e. The van der Waals surface area contributed by atoms with Crippen LogP contribution in [0, 0.1) is 12.8 Å². The molecule has 2 amide bonds. The lowest BCUT2D eigenvalue weighted by Gasteiger charge is -2.32. The summed E-state index contributed by atoms with van der Waals surface area (Å²) >= 11 is 15.8. The molecule has 0 spiro atoms. The van der Waals surface area contributed by atoms with E-state index in [0.717, 1.165) is 19.9 Å². The van der Waals surface area contributed by atoms with E-state index in [1.165, 1.54) is 35.2 Å². The van der Waals surface area contributed by atoms with E-state index >= 15 is 0 Å². The number of nitrogens with zero attached hydrogens (tertiary/aromatic N) is 2. The Morgan fingerprint density at radius 1 is 0.950 bits per heavy atom. The second-order valence-electron chi connectivity index (χ2n) is 9.89. The summed E-state index contributed by atoms with van der Waals surface area (Å²) in [5, 5.41) is 3.26. The van der Waals surface area contributed by atoms with E-state index < -0.39 is 28.5 Å². The summed E-state index contributed by atoms with van der Waals surface area (Å²) in [5.41, 5.74) is 1.83. The molecule has 0 heterocycles. The Bertz CT molecular complexity index is 1470. The number of rotatable bonds is 11. The van der Waals surface area contributed by atoms with Crippen molar-refractivity contribution in [2.45, 2.75) is 45.2 Å². The molecule has 0 unspecified atom stereocenters. The van der Waals surface area contributed by atoms with E-state index in [1.54, 1.807) is 19.1 Å². The van der Waals surface area contributed by atoms with Gasteiger partial charge in [-0.2, -0.15) is 0 Å². The first-order valence-electron chi connectivity index (χ1n) is 12.7. The minimum Gasteiger partial charge on any atom is -0.354 e. The van der Waals surface area contributed by atoms with Crippen molar-refractivity contribution in [1.29, 1.82) is 0 Å². The van der Waals surface area contributed by atoms with Gasteiger partial charge < -0.3 is 10.2 Å². The normalized spacial score (nSPS) is 12.2. The molecule has 0 saturated carbocycles. The maximum absolute atomic E-state index is 14.0. The second-order valence-corrected chi connectivity index (χ2v) is 13.5. The molecular weight excluding hydrogens is 637 g/mol. The fraction of sp³-hybridized carbons (Fsp3) is 0.310. The van der Waals surface area contributed by atoms with Crippen LogP contribution in [0.5, 0.6) is 0 Å². The molecule has 0 aliphatic heterocycles. The molecule has 0 fully saturated rings. The summed E-state index contributed by atoms with van der Waals surface area (Å²) < 4.78 is 29.6. The Hall–Kier alpha value is -2.59. The maximum atomic E-state index is 14.0. The van der Waals surface area contributed by atoms with Gasteiger partial charge >= 0.3 is 0 Å². The highest BCUT2D eigenvalue weighted by molar-refractivity contribution is 9.10. The fourth-order valence-electron chi connectivity index (χ4n) is 3.87. The highest BCUT2D eigenvalue weighted by atomic mass is 79.9. The lowest BCUT2D eigenvalue weighted by atomic mass is 10.1. The van der Waals surface area contributed by atoms with Gasteiger partial charge in [0.05, 0.1) is 20.6 Å². The highest BCUT2D eigenvalue weighted by Crippen LogP contribution is 2.31. The van der Waals surface area contributed by atoms with Gasteiger partial charge in [-0.15, -0.1) is 0 Å². The fourth-order valence-corrected chi connectivity index (χ4v) is 6.02. The summed E-state index contributed by atoms with van der Waals surface area (Å²) in [5.74, 6) is -0.677. The maximum Gasteiger partial charge on any atom is 0.264 e. The molecule has 0 aliphatic carbocycles. The van der Waals surface area contributed by atoms with Gasteiger partial charge in [0.1, 0.15) is 12.6 Å². The van der Waals surface area contributed by atoms with Crippen LogP contribution in [0.4, 0.5) is 5.69 Å². The van der Waals surface area contributed by atoms with E-state index in [-0.39, 0.29) is 39.0 Å². The van der Waals surface area contributed by atoms with E-state index in [9.17, 15) is 18.0 Å². The molecule has 40 heavy (non-hydrogen) atoms. The van der Waals surface area contributed by atoms with Crippen LogP contribution in [-0.2, 0) is 26.2 Å². The topological polar surface area (TPSA) is 86.8 Å². The predicted octanol–water partition coefficient (Wildman–Crippen LogP) is 6.45. The van der Waals surface area contributed by atoms with Gasteiger partial charge in [-0.3, -0.25) is 13.9 Å². The van der Waals surface area contributed by atoms with Crippen molar-refractivity contribution < 1.29 is 18.0 Å².